The van der Waals surface area contributed by atoms with E-state index in [9.17, 15) is 19.8 Å². The van der Waals surface area contributed by atoms with Gasteiger partial charge in [0.05, 0.1) is 12.7 Å². The highest BCUT2D eigenvalue weighted by Gasteiger charge is 2.15. The molecule has 0 rings (SSSR count). The van der Waals surface area contributed by atoms with Gasteiger partial charge in [0, 0.05) is 12.8 Å². The van der Waals surface area contributed by atoms with Crippen molar-refractivity contribution in [1.82, 2.24) is 0 Å². The zero-order chi connectivity index (χ0) is 33.9. The molecule has 0 spiro atoms. The molecule has 0 aliphatic rings. The van der Waals surface area contributed by atoms with Gasteiger partial charge in [0.15, 0.2) is 6.10 Å². The summed E-state index contributed by atoms with van der Waals surface area (Å²) >= 11 is 0. The van der Waals surface area contributed by atoms with Gasteiger partial charge in [-0.1, -0.05) is 151 Å². The number of ether oxygens (including phenoxy) is 2. The highest BCUT2D eigenvalue weighted by atomic mass is 16.6. The van der Waals surface area contributed by atoms with Crippen LogP contribution in [0.2, 0.25) is 0 Å². The quantitative estimate of drug-likeness (QED) is 0.0351. The molecule has 3 atom stereocenters. The number of unbranched alkanes of at least 4 members (excludes halogenated alkanes) is 7. The minimum atomic E-state index is -0.817. The average molecular weight is 643 g/mol. The Balaban J connectivity index is 3.83. The summed E-state index contributed by atoms with van der Waals surface area (Å²) in [5.41, 5.74) is 0. The third-order valence-corrected chi connectivity index (χ3v) is 7.65. The molecule has 0 saturated carbocycles. The van der Waals surface area contributed by atoms with Crippen molar-refractivity contribution in [2.75, 3.05) is 13.2 Å². The summed E-state index contributed by atoms with van der Waals surface area (Å²) in [7, 11) is 0. The van der Waals surface area contributed by atoms with Gasteiger partial charge in [-0.25, -0.2) is 0 Å². The molecule has 0 aliphatic heterocycles. The Bertz CT molecular complexity index is 897. The fourth-order valence-electron chi connectivity index (χ4n) is 4.52. The van der Waals surface area contributed by atoms with Crippen LogP contribution in [0.15, 0.2) is 72.9 Å². The van der Waals surface area contributed by atoms with Gasteiger partial charge >= 0.3 is 11.9 Å². The number of hydrogen-bond acceptors (Lipinski definition) is 6. The molecule has 0 aromatic heterocycles. The molecular weight excluding hydrogens is 576 g/mol. The van der Waals surface area contributed by atoms with Gasteiger partial charge in [0.25, 0.3) is 0 Å². The Labute approximate surface area is 281 Å². The van der Waals surface area contributed by atoms with Gasteiger partial charge in [-0.15, -0.1) is 0 Å². The number of aliphatic hydroxyl groups excluding tert-OH is 2. The monoisotopic (exact) mass is 642 g/mol. The van der Waals surface area contributed by atoms with Gasteiger partial charge in [-0.3, -0.25) is 9.59 Å². The van der Waals surface area contributed by atoms with Crippen LogP contribution in [0, 0.1) is 5.92 Å². The van der Waals surface area contributed by atoms with Gasteiger partial charge in [0.1, 0.15) is 6.61 Å². The predicted octanol–water partition coefficient (Wildman–Crippen LogP) is 9.83. The highest BCUT2D eigenvalue weighted by molar-refractivity contribution is 5.70. The minimum absolute atomic E-state index is 0.125. The van der Waals surface area contributed by atoms with Gasteiger partial charge < -0.3 is 19.7 Å². The van der Waals surface area contributed by atoms with Gasteiger partial charge in [-0.05, 0) is 50.9 Å². The van der Waals surface area contributed by atoms with Crippen LogP contribution in [0.3, 0.4) is 0 Å². The van der Waals surface area contributed by atoms with Crippen LogP contribution in [0.4, 0.5) is 0 Å². The molecule has 0 bridgehead atoms. The molecule has 46 heavy (non-hydrogen) atoms. The Morgan fingerprint density at radius 3 is 1.98 bits per heavy atom. The highest BCUT2D eigenvalue weighted by Crippen LogP contribution is 2.15. The predicted molar refractivity (Wildman–Crippen MR) is 192 cm³/mol. The van der Waals surface area contributed by atoms with E-state index in [-0.39, 0.29) is 31.6 Å². The summed E-state index contributed by atoms with van der Waals surface area (Å²) in [5, 5.41) is 19.4. The normalized spacial score (nSPS) is 14.5. The summed E-state index contributed by atoms with van der Waals surface area (Å²) in [5.74, 6) is 0.116. The van der Waals surface area contributed by atoms with Crippen molar-refractivity contribution >= 4 is 11.9 Å². The van der Waals surface area contributed by atoms with Crippen molar-refractivity contribution in [2.45, 2.75) is 149 Å². The Morgan fingerprint density at radius 2 is 1.30 bits per heavy atom. The zero-order valence-corrected chi connectivity index (χ0v) is 29.3. The number of hydrogen-bond donors (Lipinski definition) is 2. The van der Waals surface area contributed by atoms with E-state index in [4.69, 9.17) is 9.47 Å². The summed E-state index contributed by atoms with van der Waals surface area (Å²) in [6.45, 7) is 6.20. The topological polar surface area (TPSA) is 93.1 Å². The molecule has 6 heteroatoms. The lowest BCUT2D eigenvalue weighted by Gasteiger charge is -2.15. The first kappa shape index (κ1) is 43.3. The Morgan fingerprint density at radius 1 is 0.696 bits per heavy atom. The molecule has 0 aromatic carbocycles. The number of rotatable bonds is 30. The summed E-state index contributed by atoms with van der Waals surface area (Å²) < 4.78 is 10.5. The van der Waals surface area contributed by atoms with Crippen molar-refractivity contribution in [2.24, 2.45) is 5.92 Å². The van der Waals surface area contributed by atoms with E-state index >= 15 is 0 Å². The maximum absolute atomic E-state index is 12.1. The third-order valence-electron chi connectivity index (χ3n) is 7.65. The molecule has 262 valence electrons. The molecule has 0 radical (unpaired) electrons. The smallest absolute Gasteiger partial charge is 0.306 e. The fourth-order valence-corrected chi connectivity index (χ4v) is 4.52. The van der Waals surface area contributed by atoms with E-state index in [1.165, 1.54) is 44.9 Å². The number of carbonyl (C=O) groups excluding carboxylic acids is 2. The second-order valence-corrected chi connectivity index (χ2v) is 12.0. The van der Waals surface area contributed by atoms with E-state index in [1.807, 2.05) is 36.5 Å². The molecule has 0 fully saturated rings. The lowest BCUT2D eigenvalue weighted by molar-refractivity contribution is -0.161. The van der Waals surface area contributed by atoms with Crippen LogP contribution in [0.25, 0.3) is 0 Å². The molecule has 0 heterocycles. The maximum atomic E-state index is 12.1. The second kappa shape index (κ2) is 33.7. The van der Waals surface area contributed by atoms with Crippen molar-refractivity contribution in [1.29, 1.82) is 0 Å². The minimum Gasteiger partial charge on any atom is -0.462 e. The second-order valence-electron chi connectivity index (χ2n) is 12.0. The number of carbonyl (C=O) groups is 2. The molecular formula is C40H66O6. The van der Waals surface area contributed by atoms with Crippen LogP contribution in [-0.2, 0) is 19.1 Å². The molecule has 0 amide bonds. The maximum Gasteiger partial charge on any atom is 0.306 e. The molecule has 0 aliphatic carbocycles. The number of esters is 2. The average Bonchev–Trinajstić information content (AvgIpc) is 3.05. The number of allylic oxidation sites excluding steroid dienone is 10. The lowest BCUT2D eigenvalue weighted by Crippen LogP contribution is -2.28. The third kappa shape index (κ3) is 31.3. The van der Waals surface area contributed by atoms with Crippen LogP contribution in [0.5, 0.6) is 0 Å². The van der Waals surface area contributed by atoms with E-state index in [1.54, 1.807) is 6.08 Å². The summed E-state index contributed by atoms with van der Waals surface area (Å²) in [6, 6.07) is 0. The molecule has 2 N–H and O–H groups in total. The molecule has 0 saturated heterocycles. The Kier molecular flexibility index (Phi) is 31.7. The first-order valence-electron chi connectivity index (χ1n) is 18.0. The van der Waals surface area contributed by atoms with E-state index in [0.29, 0.717) is 19.3 Å². The van der Waals surface area contributed by atoms with Crippen molar-refractivity contribution in [3.05, 3.63) is 72.9 Å². The van der Waals surface area contributed by atoms with E-state index in [0.717, 1.165) is 50.9 Å². The first-order valence-corrected chi connectivity index (χ1v) is 18.0. The van der Waals surface area contributed by atoms with Gasteiger partial charge in [-0.2, -0.15) is 0 Å². The summed E-state index contributed by atoms with van der Waals surface area (Å²) in [4.78, 5) is 24.1. The van der Waals surface area contributed by atoms with Crippen molar-refractivity contribution in [3.63, 3.8) is 0 Å². The lowest BCUT2D eigenvalue weighted by atomic mass is 9.99. The van der Waals surface area contributed by atoms with E-state index < -0.39 is 12.2 Å². The van der Waals surface area contributed by atoms with Crippen molar-refractivity contribution < 1.29 is 29.3 Å². The van der Waals surface area contributed by atoms with Crippen LogP contribution in [-0.4, -0.2) is 47.6 Å². The SMILES string of the molecule is CC/C=C\C/C=C\CC(O)/C=C/C=C\C/C=C\C/C=C\CCC(=O)OC[C@H](CO)OC(=O)CCCCCCCCCCC(C)CC. The Hall–Kier alpha value is -2.70. The van der Waals surface area contributed by atoms with Crippen LogP contribution < -0.4 is 0 Å². The molecule has 0 aromatic rings. The standard InChI is InChI=1S/C40H66O6/c1-4-6-7-8-20-25-30-37(42)31-26-21-16-11-9-10-12-17-22-27-32-39(43)45-35-38(34-41)46-40(44)33-28-23-18-14-13-15-19-24-29-36(3)5-2/h6-7,9-10,16-17,20-22,25-26,31,36-38,41-42H,4-5,8,11-15,18-19,23-24,27-30,32-35H2,1-3H3/b7-6-,10-9-,21-16-,22-17-,25-20-,31-26+/t36?,37?,38-/m0/s1. The van der Waals surface area contributed by atoms with Gasteiger partial charge in [0.2, 0.25) is 0 Å². The fraction of sp³-hybridized carbons (Fsp3) is 0.650. The van der Waals surface area contributed by atoms with Crippen LogP contribution in [0.1, 0.15) is 136 Å². The first-order chi connectivity index (χ1) is 22.4. The largest absolute Gasteiger partial charge is 0.462 e. The van der Waals surface area contributed by atoms with E-state index in [2.05, 4.69) is 51.2 Å². The molecule has 2 unspecified atom stereocenters. The van der Waals surface area contributed by atoms with Crippen molar-refractivity contribution in [3.8, 4) is 0 Å². The zero-order valence-electron chi connectivity index (χ0n) is 29.3. The van der Waals surface area contributed by atoms with Crippen LogP contribution >= 0.6 is 0 Å². The number of aliphatic hydroxyl groups is 2. The molecule has 6 nitrogen and oxygen atoms in total. The summed E-state index contributed by atoms with van der Waals surface area (Å²) in [6.07, 6.45) is 40.0.